The molecule has 3 aromatic rings. The number of anilines is 1. The first-order chi connectivity index (χ1) is 10.6. The average molecular weight is 291 g/mol. The van der Waals surface area contributed by atoms with E-state index in [1.165, 1.54) is 5.56 Å². The molecule has 2 aromatic carbocycles. The van der Waals surface area contributed by atoms with Crippen LogP contribution in [0.25, 0.3) is 11.3 Å². The second-order valence-electron chi connectivity index (χ2n) is 5.31. The Bertz CT molecular complexity index is 804. The molecule has 0 fully saturated rings. The van der Waals surface area contributed by atoms with E-state index >= 15 is 0 Å². The summed E-state index contributed by atoms with van der Waals surface area (Å²) in [4.78, 5) is 12.4. The molecule has 3 heteroatoms. The summed E-state index contributed by atoms with van der Waals surface area (Å²) in [5.41, 5.74) is 4.65. The molecule has 1 amide bonds. The third-order valence-corrected chi connectivity index (χ3v) is 3.70. The van der Waals surface area contributed by atoms with Gasteiger partial charge >= 0.3 is 0 Å². The standard InChI is InChI=1S/C19H17NO2/c1-13-8-9-17(11-14(13)2)20-19(21)16-6-3-5-15(12-16)18-7-4-10-22-18/h3-12H,1-2H3,(H,20,21). The second kappa shape index (κ2) is 5.90. The highest BCUT2D eigenvalue weighted by molar-refractivity contribution is 6.04. The number of furan rings is 1. The number of carbonyl (C=O) groups is 1. The van der Waals surface area contributed by atoms with Crippen molar-refractivity contribution in [2.75, 3.05) is 5.32 Å². The fourth-order valence-corrected chi connectivity index (χ4v) is 2.28. The summed E-state index contributed by atoms with van der Waals surface area (Å²) in [6.07, 6.45) is 1.62. The van der Waals surface area contributed by atoms with Gasteiger partial charge < -0.3 is 9.73 Å². The number of amides is 1. The van der Waals surface area contributed by atoms with Crippen LogP contribution in [0.2, 0.25) is 0 Å². The molecule has 0 bridgehead atoms. The molecule has 1 heterocycles. The molecule has 3 nitrogen and oxygen atoms in total. The molecule has 110 valence electrons. The van der Waals surface area contributed by atoms with Crippen LogP contribution in [0, 0.1) is 13.8 Å². The molecule has 1 N–H and O–H groups in total. The van der Waals surface area contributed by atoms with Crippen LogP contribution in [0.1, 0.15) is 21.5 Å². The highest BCUT2D eigenvalue weighted by Gasteiger charge is 2.09. The molecule has 0 atom stereocenters. The Balaban J connectivity index is 1.83. The first kappa shape index (κ1) is 14.1. The molecule has 3 rings (SSSR count). The van der Waals surface area contributed by atoms with Gasteiger partial charge in [0.25, 0.3) is 5.91 Å². The Morgan fingerprint density at radius 1 is 0.955 bits per heavy atom. The molecule has 0 aliphatic carbocycles. The predicted octanol–water partition coefficient (Wildman–Crippen LogP) is 4.82. The third-order valence-electron chi connectivity index (χ3n) is 3.70. The van der Waals surface area contributed by atoms with Gasteiger partial charge in [-0.05, 0) is 61.4 Å². The van der Waals surface area contributed by atoms with Gasteiger partial charge in [-0.2, -0.15) is 0 Å². The highest BCUT2D eigenvalue weighted by Crippen LogP contribution is 2.21. The molecule has 0 radical (unpaired) electrons. The molecular formula is C19H17NO2. The van der Waals surface area contributed by atoms with Crippen molar-refractivity contribution < 1.29 is 9.21 Å². The topological polar surface area (TPSA) is 42.2 Å². The molecular weight excluding hydrogens is 274 g/mol. The van der Waals surface area contributed by atoms with Gasteiger partial charge in [0.05, 0.1) is 6.26 Å². The van der Waals surface area contributed by atoms with Crippen molar-refractivity contribution in [2.45, 2.75) is 13.8 Å². The zero-order valence-electron chi connectivity index (χ0n) is 12.6. The monoisotopic (exact) mass is 291 g/mol. The van der Waals surface area contributed by atoms with Crippen LogP contribution in [0.3, 0.4) is 0 Å². The lowest BCUT2D eigenvalue weighted by molar-refractivity contribution is 0.102. The molecule has 22 heavy (non-hydrogen) atoms. The summed E-state index contributed by atoms with van der Waals surface area (Å²) in [5.74, 6) is 0.623. The van der Waals surface area contributed by atoms with Crippen LogP contribution in [-0.4, -0.2) is 5.91 Å². The van der Waals surface area contributed by atoms with Crippen LogP contribution < -0.4 is 5.32 Å². The predicted molar refractivity (Wildman–Crippen MR) is 88.0 cm³/mol. The Kier molecular flexibility index (Phi) is 3.79. The maximum atomic E-state index is 12.4. The molecule has 0 aliphatic heterocycles. The summed E-state index contributed by atoms with van der Waals surface area (Å²) in [7, 11) is 0. The first-order valence-electron chi connectivity index (χ1n) is 7.16. The van der Waals surface area contributed by atoms with Crippen molar-refractivity contribution in [1.82, 2.24) is 0 Å². The van der Waals surface area contributed by atoms with Crippen molar-refractivity contribution in [3.05, 3.63) is 77.6 Å². The van der Waals surface area contributed by atoms with E-state index in [-0.39, 0.29) is 5.91 Å². The summed E-state index contributed by atoms with van der Waals surface area (Å²) in [6.45, 7) is 4.08. The van der Waals surface area contributed by atoms with Gasteiger partial charge in [-0.1, -0.05) is 18.2 Å². The number of hydrogen-bond donors (Lipinski definition) is 1. The van der Waals surface area contributed by atoms with E-state index < -0.39 is 0 Å². The van der Waals surface area contributed by atoms with Gasteiger partial charge in [-0.25, -0.2) is 0 Å². The maximum Gasteiger partial charge on any atom is 0.255 e. The van der Waals surface area contributed by atoms with Crippen molar-refractivity contribution in [2.24, 2.45) is 0 Å². The Morgan fingerprint density at radius 3 is 2.55 bits per heavy atom. The summed E-state index contributed by atoms with van der Waals surface area (Å²) >= 11 is 0. The quantitative estimate of drug-likeness (QED) is 0.752. The van der Waals surface area contributed by atoms with Crippen LogP contribution in [0.15, 0.2) is 65.3 Å². The lowest BCUT2D eigenvalue weighted by Crippen LogP contribution is -2.12. The highest BCUT2D eigenvalue weighted by atomic mass is 16.3. The van der Waals surface area contributed by atoms with E-state index in [2.05, 4.69) is 5.32 Å². The van der Waals surface area contributed by atoms with Crippen LogP contribution >= 0.6 is 0 Å². The van der Waals surface area contributed by atoms with Gasteiger partial charge in [0, 0.05) is 16.8 Å². The first-order valence-corrected chi connectivity index (χ1v) is 7.16. The zero-order chi connectivity index (χ0) is 15.5. The fraction of sp³-hybridized carbons (Fsp3) is 0.105. The Hall–Kier alpha value is -2.81. The Labute approximate surface area is 129 Å². The summed E-state index contributed by atoms with van der Waals surface area (Å²) in [6, 6.07) is 17.0. The van der Waals surface area contributed by atoms with E-state index in [1.54, 1.807) is 12.3 Å². The number of nitrogens with one attached hydrogen (secondary N) is 1. The fourth-order valence-electron chi connectivity index (χ4n) is 2.28. The number of aryl methyl sites for hydroxylation is 2. The SMILES string of the molecule is Cc1ccc(NC(=O)c2cccc(-c3ccco3)c2)cc1C. The molecule has 0 unspecified atom stereocenters. The Morgan fingerprint density at radius 2 is 1.82 bits per heavy atom. The van der Waals surface area contributed by atoms with E-state index in [9.17, 15) is 4.79 Å². The maximum absolute atomic E-state index is 12.4. The van der Waals surface area contributed by atoms with Crippen molar-refractivity contribution in [3.63, 3.8) is 0 Å². The molecule has 0 saturated carbocycles. The van der Waals surface area contributed by atoms with E-state index in [4.69, 9.17) is 4.42 Å². The van der Waals surface area contributed by atoms with Gasteiger partial charge in [0.2, 0.25) is 0 Å². The van der Waals surface area contributed by atoms with E-state index in [1.807, 2.05) is 62.4 Å². The van der Waals surface area contributed by atoms with Crippen LogP contribution in [-0.2, 0) is 0 Å². The number of benzene rings is 2. The molecule has 1 aromatic heterocycles. The summed E-state index contributed by atoms with van der Waals surface area (Å²) < 4.78 is 5.37. The lowest BCUT2D eigenvalue weighted by Gasteiger charge is -2.08. The van der Waals surface area contributed by atoms with E-state index in [0.717, 1.165) is 22.6 Å². The lowest BCUT2D eigenvalue weighted by atomic mass is 10.1. The largest absolute Gasteiger partial charge is 0.464 e. The minimum Gasteiger partial charge on any atom is -0.464 e. The second-order valence-corrected chi connectivity index (χ2v) is 5.31. The smallest absolute Gasteiger partial charge is 0.255 e. The van der Waals surface area contributed by atoms with Crippen molar-refractivity contribution in [3.8, 4) is 11.3 Å². The van der Waals surface area contributed by atoms with Gasteiger partial charge in [0.15, 0.2) is 0 Å². The number of rotatable bonds is 3. The van der Waals surface area contributed by atoms with Crippen molar-refractivity contribution in [1.29, 1.82) is 0 Å². The number of carbonyl (C=O) groups excluding carboxylic acids is 1. The minimum atomic E-state index is -0.128. The van der Waals surface area contributed by atoms with Crippen LogP contribution in [0.4, 0.5) is 5.69 Å². The third kappa shape index (κ3) is 2.93. The van der Waals surface area contributed by atoms with Gasteiger partial charge in [-0.15, -0.1) is 0 Å². The number of hydrogen-bond acceptors (Lipinski definition) is 2. The van der Waals surface area contributed by atoms with Gasteiger partial charge in [0.1, 0.15) is 5.76 Å². The molecule has 0 saturated heterocycles. The van der Waals surface area contributed by atoms with Gasteiger partial charge in [-0.3, -0.25) is 4.79 Å². The zero-order valence-corrected chi connectivity index (χ0v) is 12.6. The van der Waals surface area contributed by atoms with E-state index in [0.29, 0.717) is 5.56 Å². The molecule has 0 aliphatic rings. The van der Waals surface area contributed by atoms with Crippen molar-refractivity contribution >= 4 is 11.6 Å². The minimum absolute atomic E-state index is 0.128. The van der Waals surface area contributed by atoms with Crippen LogP contribution in [0.5, 0.6) is 0 Å². The normalized spacial score (nSPS) is 10.5. The summed E-state index contributed by atoms with van der Waals surface area (Å²) in [5, 5.41) is 2.93. The molecule has 0 spiro atoms. The average Bonchev–Trinajstić information content (AvgIpc) is 3.05.